The number of anilines is 1. The highest BCUT2D eigenvalue weighted by Gasteiger charge is 2.29. The number of hydrogen-bond donors (Lipinski definition) is 1. The number of para-hydroxylation sites is 1. The van der Waals surface area contributed by atoms with Crippen LogP contribution in [0.25, 0.3) is 0 Å². The number of aliphatic hydroxyl groups excluding tert-OH is 1. The van der Waals surface area contributed by atoms with Crippen LogP contribution in [0.1, 0.15) is 44.6 Å². The Hall–Kier alpha value is -1.02. The van der Waals surface area contributed by atoms with Crippen molar-refractivity contribution in [2.24, 2.45) is 5.92 Å². The lowest BCUT2D eigenvalue weighted by Crippen LogP contribution is -2.44. The lowest BCUT2D eigenvalue weighted by Gasteiger charge is -2.39. The zero-order valence-corrected chi connectivity index (χ0v) is 11.9. The molecule has 0 spiro atoms. The van der Waals surface area contributed by atoms with Gasteiger partial charge in [0.1, 0.15) is 0 Å². The highest BCUT2D eigenvalue weighted by atomic mass is 16.3. The standard InChI is InChI=1S/C17H25NO/c1-13-10-11-14-6-4-5-9-16(14)18(13)12-17(19)15-7-2-3-8-15/h4-6,9,13,15,17,19H,2-3,7-8,10-12H2,1H3. The maximum Gasteiger partial charge on any atom is 0.0743 e. The van der Waals surface area contributed by atoms with E-state index in [9.17, 15) is 5.11 Å². The summed E-state index contributed by atoms with van der Waals surface area (Å²) in [5, 5.41) is 10.5. The van der Waals surface area contributed by atoms with E-state index in [1.165, 1.54) is 49.8 Å². The summed E-state index contributed by atoms with van der Waals surface area (Å²) in [5.74, 6) is 0.529. The molecule has 2 nitrogen and oxygen atoms in total. The Bertz CT molecular complexity index is 425. The van der Waals surface area contributed by atoms with Crippen LogP contribution < -0.4 is 4.90 Å². The summed E-state index contributed by atoms with van der Waals surface area (Å²) in [6.07, 6.45) is 7.25. The van der Waals surface area contributed by atoms with E-state index in [-0.39, 0.29) is 6.10 Å². The maximum atomic E-state index is 10.5. The van der Waals surface area contributed by atoms with Gasteiger partial charge in [-0.15, -0.1) is 0 Å². The van der Waals surface area contributed by atoms with Crippen molar-refractivity contribution in [3.63, 3.8) is 0 Å². The summed E-state index contributed by atoms with van der Waals surface area (Å²) >= 11 is 0. The average molecular weight is 259 g/mol. The minimum atomic E-state index is -0.156. The number of benzene rings is 1. The van der Waals surface area contributed by atoms with Crippen LogP contribution in [-0.4, -0.2) is 23.8 Å². The van der Waals surface area contributed by atoms with Crippen molar-refractivity contribution >= 4 is 5.69 Å². The number of nitrogens with zero attached hydrogens (tertiary/aromatic N) is 1. The summed E-state index contributed by atoms with van der Waals surface area (Å²) in [7, 11) is 0. The van der Waals surface area contributed by atoms with E-state index in [4.69, 9.17) is 0 Å². The van der Waals surface area contributed by atoms with Crippen LogP contribution in [0.4, 0.5) is 5.69 Å². The van der Waals surface area contributed by atoms with Crippen molar-refractivity contribution in [2.75, 3.05) is 11.4 Å². The number of rotatable bonds is 3. The van der Waals surface area contributed by atoms with E-state index in [1.807, 2.05) is 0 Å². The molecule has 1 fully saturated rings. The van der Waals surface area contributed by atoms with Crippen molar-refractivity contribution in [3.8, 4) is 0 Å². The molecule has 3 rings (SSSR count). The largest absolute Gasteiger partial charge is 0.391 e. The molecule has 2 atom stereocenters. The van der Waals surface area contributed by atoms with Crippen LogP contribution in [0.2, 0.25) is 0 Å². The molecule has 2 heteroatoms. The fraction of sp³-hybridized carbons (Fsp3) is 0.647. The van der Waals surface area contributed by atoms with E-state index < -0.39 is 0 Å². The van der Waals surface area contributed by atoms with Gasteiger partial charge in [0.25, 0.3) is 0 Å². The maximum absolute atomic E-state index is 10.5. The molecule has 1 aromatic carbocycles. The van der Waals surface area contributed by atoms with Crippen molar-refractivity contribution in [1.82, 2.24) is 0 Å². The minimum Gasteiger partial charge on any atom is -0.391 e. The second kappa shape index (κ2) is 5.54. The summed E-state index contributed by atoms with van der Waals surface area (Å²) in [6, 6.07) is 9.24. The SMILES string of the molecule is CC1CCc2ccccc2N1CC(O)C1CCCC1. The van der Waals surface area contributed by atoms with Gasteiger partial charge in [-0.05, 0) is 50.2 Å². The van der Waals surface area contributed by atoms with Gasteiger partial charge < -0.3 is 10.0 Å². The quantitative estimate of drug-likeness (QED) is 0.899. The van der Waals surface area contributed by atoms with Gasteiger partial charge in [0.05, 0.1) is 6.10 Å². The molecule has 104 valence electrons. The highest BCUT2D eigenvalue weighted by Crippen LogP contribution is 2.33. The molecule has 0 amide bonds. The lowest BCUT2D eigenvalue weighted by molar-refractivity contribution is 0.114. The average Bonchev–Trinajstić information content (AvgIpc) is 2.96. The number of aryl methyl sites for hydroxylation is 1. The number of aliphatic hydroxyl groups is 1. The first-order valence-electron chi connectivity index (χ1n) is 7.78. The minimum absolute atomic E-state index is 0.156. The van der Waals surface area contributed by atoms with Crippen molar-refractivity contribution < 1.29 is 5.11 Å². The van der Waals surface area contributed by atoms with Gasteiger partial charge in [-0.3, -0.25) is 0 Å². The molecule has 0 radical (unpaired) electrons. The van der Waals surface area contributed by atoms with Crippen LogP contribution in [0.3, 0.4) is 0 Å². The number of β-amino-alcohol motifs (C(OH)–C–C–N with tert-alkyl or cyclic N) is 1. The Morgan fingerprint density at radius 1 is 1.21 bits per heavy atom. The predicted octanol–water partition coefficient (Wildman–Crippen LogP) is 3.38. The molecule has 1 heterocycles. The Morgan fingerprint density at radius 2 is 1.95 bits per heavy atom. The molecular formula is C17H25NO. The molecule has 1 aliphatic heterocycles. The Labute approximate surface area is 116 Å². The molecule has 19 heavy (non-hydrogen) atoms. The van der Waals surface area contributed by atoms with Crippen molar-refractivity contribution in [2.45, 2.75) is 57.6 Å². The topological polar surface area (TPSA) is 23.5 Å². The predicted molar refractivity (Wildman–Crippen MR) is 79.5 cm³/mol. The number of fused-ring (bicyclic) bond motifs is 1. The Kier molecular flexibility index (Phi) is 3.79. The van der Waals surface area contributed by atoms with Gasteiger partial charge in [-0.25, -0.2) is 0 Å². The third kappa shape index (κ3) is 2.64. The normalized spacial score (nSPS) is 25.4. The molecule has 0 saturated heterocycles. The Morgan fingerprint density at radius 3 is 2.74 bits per heavy atom. The van der Waals surface area contributed by atoms with Gasteiger partial charge in [0.2, 0.25) is 0 Å². The van der Waals surface area contributed by atoms with Gasteiger partial charge in [0.15, 0.2) is 0 Å². The summed E-state index contributed by atoms with van der Waals surface area (Å²) in [6.45, 7) is 3.10. The monoisotopic (exact) mass is 259 g/mol. The van der Waals surface area contributed by atoms with Crippen LogP contribution in [0.5, 0.6) is 0 Å². The fourth-order valence-corrected chi connectivity index (χ4v) is 3.73. The van der Waals surface area contributed by atoms with Gasteiger partial charge in [-0.1, -0.05) is 31.0 Å². The molecule has 0 aromatic heterocycles. The molecule has 2 unspecified atom stereocenters. The zero-order chi connectivity index (χ0) is 13.2. The zero-order valence-electron chi connectivity index (χ0n) is 11.9. The molecule has 1 aromatic rings. The molecule has 1 aliphatic carbocycles. The van der Waals surface area contributed by atoms with Crippen molar-refractivity contribution in [3.05, 3.63) is 29.8 Å². The van der Waals surface area contributed by atoms with E-state index >= 15 is 0 Å². The first-order valence-corrected chi connectivity index (χ1v) is 7.78. The highest BCUT2D eigenvalue weighted by molar-refractivity contribution is 5.56. The smallest absolute Gasteiger partial charge is 0.0743 e. The summed E-state index contributed by atoms with van der Waals surface area (Å²) < 4.78 is 0. The third-order valence-electron chi connectivity index (χ3n) is 4.99. The van der Waals surface area contributed by atoms with E-state index in [0.717, 1.165) is 6.54 Å². The van der Waals surface area contributed by atoms with E-state index in [0.29, 0.717) is 12.0 Å². The summed E-state index contributed by atoms with van der Waals surface area (Å²) in [4.78, 5) is 2.43. The van der Waals surface area contributed by atoms with E-state index in [1.54, 1.807) is 0 Å². The molecule has 1 N–H and O–H groups in total. The second-order valence-electron chi connectivity index (χ2n) is 6.28. The van der Waals surface area contributed by atoms with Gasteiger partial charge >= 0.3 is 0 Å². The van der Waals surface area contributed by atoms with Crippen LogP contribution >= 0.6 is 0 Å². The summed E-state index contributed by atoms with van der Waals surface area (Å²) in [5.41, 5.74) is 2.79. The number of hydrogen-bond acceptors (Lipinski definition) is 2. The first-order chi connectivity index (χ1) is 9.25. The molecule has 1 saturated carbocycles. The van der Waals surface area contributed by atoms with Crippen LogP contribution in [0.15, 0.2) is 24.3 Å². The van der Waals surface area contributed by atoms with Crippen LogP contribution in [-0.2, 0) is 6.42 Å². The van der Waals surface area contributed by atoms with Crippen molar-refractivity contribution in [1.29, 1.82) is 0 Å². The fourth-order valence-electron chi connectivity index (χ4n) is 3.73. The van der Waals surface area contributed by atoms with Gasteiger partial charge in [0, 0.05) is 18.3 Å². The second-order valence-corrected chi connectivity index (χ2v) is 6.28. The Balaban J connectivity index is 1.75. The third-order valence-corrected chi connectivity index (χ3v) is 4.99. The lowest BCUT2D eigenvalue weighted by atomic mass is 9.94. The first kappa shape index (κ1) is 13.0. The molecule has 0 bridgehead atoms. The van der Waals surface area contributed by atoms with Crippen LogP contribution in [0, 0.1) is 5.92 Å². The molecule has 2 aliphatic rings. The van der Waals surface area contributed by atoms with E-state index in [2.05, 4.69) is 36.1 Å². The van der Waals surface area contributed by atoms with Gasteiger partial charge in [-0.2, -0.15) is 0 Å². The molecular weight excluding hydrogens is 234 g/mol.